The summed E-state index contributed by atoms with van der Waals surface area (Å²) >= 11 is 3.36. The molecule has 144 valence electrons. The first-order valence-electron chi connectivity index (χ1n) is 8.51. The highest BCUT2D eigenvalue weighted by Gasteiger charge is 2.16. The van der Waals surface area contributed by atoms with Gasteiger partial charge < -0.3 is 16.4 Å². The van der Waals surface area contributed by atoms with Gasteiger partial charge in [-0.05, 0) is 53.0 Å². The third-order valence-electron chi connectivity index (χ3n) is 4.03. The summed E-state index contributed by atoms with van der Waals surface area (Å²) in [5.41, 5.74) is 7.59. The van der Waals surface area contributed by atoms with Crippen LogP contribution in [0.3, 0.4) is 0 Å². The fourth-order valence-corrected chi connectivity index (χ4v) is 3.03. The minimum absolute atomic E-state index is 0.243. The number of hydrogen-bond acceptors (Lipinski definition) is 7. The molecule has 0 spiro atoms. The Morgan fingerprint density at radius 3 is 2.75 bits per heavy atom. The molecule has 0 atom stereocenters. The highest BCUT2D eigenvalue weighted by molar-refractivity contribution is 9.10. The van der Waals surface area contributed by atoms with E-state index in [-0.39, 0.29) is 11.6 Å². The minimum Gasteiger partial charge on any atom is -0.382 e. The van der Waals surface area contributed by atoms with Crippen LogP contribution in [0, 0.1) is 17.1 Å². The van der Waals surface area contributed by atoms with Crippen LogP contribution in [-0.2, 0) is 6.42 Å². The number of nitrogen functional groups attached to an aromatic ring is 1. The summed E-state index contributed by atoms with van der Waals surface area (Å²) in [5, 5.41) is 20.0. The third-order valence-corrected chi connectivity index (χ3v) is 4.61. The summed E-state index contributed by atoms with van der Waals surface area (Å²) in [5.74, 6) is 1.09. The number of rotatable bonds is 7. The van der Waals surface area contributed by atoms with Crippen LogP contribution in [-0.4, -0.2) is 33.3 Å². The molecule has 1 aromatic carbocycles. The zero-order valence-electron chi connectivity index (χ0n) is 15.1. The molecule has 0 amide bonds. The van der Waals surface area contributed by atoms with E-state index in [0.29, 0.717) is 48.1 Å². The molecule has 2 heterocycles. The number of hydrogen-bond donors (Lipinski definition) is 3. The molecule has 28 heavy (non-hydrogen) atoms. The highest BCUT2D eigenvalue weighted by atomic mass is 79.9. The highest BCUT2D eigenvalue weighted by Crippen LogP contribution is 2.22. The molecular weight excluding hydrogens is 427 g/mol. The average Bonchev–Trinajstić information content (AvgIpc) is 3.02. The largest absolute Gasteiger partial charge is 0.382 e. The molecule has 3 rings (SSSR count). The Morgan fingerprint density at radius 1 is 1.32 bits per heavy atom. The van der Waals surface area contributed by atoms with E-state index in [1.54, 1.807) is 25.4 Å². The van der Waals surface area contributed by atoms with Gasteiger partial charge in [-0.3, -0.25) is 0 Å². The molecule has 0 radical (unpaired) electrons. The lowest BCUT2D eigenvalue weighted by molar-refractivity contribution is 0.627. The molecule has 3 aromatic rings. The number of aromatic nitrogens is 4. The number of halogens is 2. The van der Waals surface area contributed by atoms with Crippen LogP contribution in [0.25, 0.3) is 5.69 Å². The molecule has 0 fully saturated rings. The van der Waals surface area contributed by atoms with E-state index in [1.165, 1.54) is 16.8 Å². The number of nitrogens with one attached hydrogen (secondary N) is 2. The van der Waals surface area contributed by atoms with Gasteiger partial charge in [0, 0.05) is 19.8 Å². The fraction of sp³-hybridized carbons (Fsp3) is 0.222. The van der Waals surface area contributed by atoms with Crippen LogP contribution in [0.2, 0.25) is 0 Å². The first-order valence-corrected chi connectivity index (χ1v) is 9.30. The van der Waals surface area contributed by atoms with E-state index in [0.717, 1.165) is 4.47 Å². The van der Waals surface area contributed by atoms with Gasteiger partial charge in [-0.15, -0.1) is 0 Å². The maximum absolute atomic E-state index is 13.1. The Labute approximate surface area is 169 Å². The van der Waals surface area contributed by atoms with Gasteiger partial charge in [0.25, 0.3) is 0 Å². The maximum atomic E-state index is 13.1. The zero-order valence-corrected chi connectivity index (χ0v) is 16.7. The Hall–Kier alpha value is -3.19. The SMILES string of the molecule is CNc1nc(NCCCc2nn(-c3ccc(F)cc3)c(N)c2C#N)ncc1Br. The lowest BCUT2D eigenvalue weighted by Gasteiger charge is -2.07. The van der Waals surface area contributed by atoms with E-state index < -0.39 is 0 Å². The van der Waals surface area contributed by atoms with Gasteiger partial charge in [0.2, 0.25) is 5.95 Å². The number of nitrogens with two attached hydrogens (primary N) is 1. The van der Waals surface area contributed by atoms with E-state index in [4.69, 9.17) is 5.73 Å². The van der Waals surface area contributed by atoms with Crippen molar-refractivity contribution in [2.75, 3.05) is 30.0 Å². The van der Waals surface area contributed by atoms with Crippen molar-refractivity contribution < 1.29 is 4.39 Å². The molecule has 0 bridgehead atoms. The van der Waals surface area contributed by atoms with Crippen molar-refractivity contribution >= 4 is 33.5 Å². The van der Waals surface area contributed by atoms with Crippen molar-refractivity contribution in [3.8, 4) is 11.8 Å². The predicted molar refractivity (Wildman–Crippen MR) is 109 cm³/mol. The average molecular weight is 445 g/mol. The lowest BCUT2D eigenvalue weighted by Crippen LogP contribution is -2.08. The van der Waals surface area contributed by atoms with E-state index >= 15 is 0 Å². The summed E-state index contributed by atoms with van der Waals surface area (Å²) in [6.07, 6.45) is 2.91. The van der Waals surface area contributed by atoms with Crippen LogP contribution in [0.4, 0.5) is 22.0 Å². The quantitative estimate of drug-likeness (QED) is 0.479. The molecule has 0 saturated carbocycles. The number of nitrogens with zero attached hydrogens (tertiary/aromatic N) is 5. The first-order chi connectivity index (χ1) is 13.5. The van der Waals surface area contributed by atoms with Crippen molar-refractivity contribution in [1.82, 2.24) is 19.7 Å². The Balaban J connectivity index is 1.67. The Morgan fingerprint density at radius 2 is 2.07 bits per heavy atom. The molecule has 0 aliphatic carbocycles. The van der Waals surface area contributed by atoms with Gasteiger partial charge in [-0.2, -0.15) is 15.3 Å². The second-order valence-corrected chi connectivity index (χ2v) is 6.73. The second-order valence-electron chi connectivity index (χ2n) is 5.88. The summed E-state index contributed by atoms with van der Waals surface area (Å²) in [6, 6.07) is 7.88. The van der Waals surface area contributed by atoms with Gasteiger partial charge in [0.1, 0.15) is 29.1 Å². The second kappa shape index (κ2) is 8.67. The normalized spacial score (nSPS) is 10.5. The summed E-state index contributed by atoms with van der Waals surface area (Å²) in [4.78, 5) is 8.53. The monoisotopic (exact) mass is 444 g/mol. The van der Waals surface area contributed by atoms with E-state index in [9.17, 15) is 9.65 Å². The van der Waals surface area contributed by atoms with Crippen molar-refractivity contribution in [3.63, 3.8) is 0 Å². The fourth-order valence-electron chi connectivity index (χ4n) is 2.64. The Bertz CT molecular complexity index is 1010. The molecule has 2 aromatic heterocycles. The van der Waals surface area contributed by atoms with Crippen LogP contribution in [0.15, 0.2) is 34.9 Å². The number of benzene rings is 1. The van der Waals surface area contributed by atoms with Gasteiger partial charge in [0.05, 0.1) is 15.9 Å². The van der Waals surface area contributed by atoms with Gasteiger partial charge in [0.15, 0.2) is 0 Å². The van der Waals surface area contributed by atoms with Crippen molar-refractivity contribution in [3.05, 3.63) is 52.0 Å². The molecule has 0 unspecified atom stereocenters. The molecule has 10 heteroatoms. The van der Waals surface area contributed by atoms with Crippen LogP contribution in [0.5, 0.6) is 0 Å². The Kier molecular flexibility index (Phi) is 6.06. The maximum Gasteiger partial charge on any atom is 0.224 e. The summed E-state index contributed by atoms with van der Waals surface area (Å²) < 4.78 is 15.4. The predicted octanol–water partition coefficient (Wildman–Crippen LogP) is 3.10. The van der Waals surface area contributed by atoms with Crippen LogP contribution in [0.1, 0.15) is 17.7 Å². The third kappa shape index (κ3) is 4.20. The minimum atomic E-state index is -0.349. The summed E-state index contributed by atoms with van der Waals surface area (Å²) in [6.45, 7) is 0.596. The van der Waals surface area contributed by atoms with Crippen molar-refractivity contribution in [2.45, 2.75) is 12.8 Å². The molecule has 0 aliphatic heterocycles. The molecule has 4 N–H and O–H groups in total. The van der Waals surface area contributed by atoms with E-state index in [2.05, 4.69) is 47.7 Å². The first kappa shape index (κ1) is 19.6. The molecule has 0 saturated heterocycles. The molecular formula is C18H18BrFN8. The standard InChI is InChI=1S/C18H18BrFN8/c1-23-17-14(19)10-25-18(26-17)24-8-2-3-15-13(9-21)16(22)28(27-15)12-6-4-11(20)5-7-12/h4-7,10H,2-3,8,22H2,1H3,(H2,23,24,25,26). The summed E-state index contributed by atoms with van der Waals surface area (Å²) in [7, 11) is 1.78. The smallest absolute Gasteiger partial charge is 0.224 e. The van der Waals surface area contributed by atoms with Gasteiger partial charge in [-0.1, -0.05) is 0 Å². The topological polar surface area (TPSA) is 117 Å². The van der Waals surface area contributed by atoms with Crippen molar-refractivity contribution in [1.29, 1.82) is 5.26 Å². The number of aryl methyl sites for hydroxylation is 1. The van der Waals surface area contributed by atoms with Crippen LogP contribution < -0.4 is 16.4 Å². The lowest BCUT2D eigenvalue weighted by atomic mass is 10.1. The van der Waals surface area contributed by atoms with Crippen LogP contribution >= 0.6 is 15.9 Å². The number of anilines is 3. The van der Waals surface area contributed by atoms with Gasteiger partial charge >= 0.3 is 0 Å². The zero-order chi connectivity index (χ0) is 20.1. The number of nitriles is 1. The molecule has 0 aliphatic rings. The van der Waals surface area contributed by atoms with Crippen molar-refractivity contribution in [2.24, 2.45) is 0 Å². The molecule has 8 nitrogen and oxygen atoms in total. The van der Waals surface area contributed by atoms with E-state index in [1.807, 2.05) is 0 Å². The van der Waals surface area contributed by atoms with Gasteiger partial charge in [-0.25, -0.2) is 14.1 Å².